The lowest BCUT2D eigenvalue weighted by Gasteiger charge is -2.34. The quantitative estimate of drug-likeness (QED) is 0.146. The smallest absolute Gasteiger partial charge is 0.264 e. The number of hydrogen-bond acceptors (Lipinski definition) is 4. The monoisotopic (exact) mass is 693 g/mol. The molecule has 0 aliphatic heterocycles. The number of nitrogens with one attached hydrogen (secondary N) is 1. The van der Waals surface area contributed by atoms with E-state index in [9.17, 15) is 18.0 Å². The van der Waals surface area contributed by atoms with Gasteiger partial charge in [0.05, 0.1) is 20.6 Å². The van der Waals surface area contributed by atoms with Gasteiger partial charge < -0.3 is 10.2 Å². The summed E-state index contributed by atoms with van der Waals surface area (Å²) in [6, 6.07) is 28.5. The number of rotatable bonds is 14. The van der Waals surface area contributed by atoms with Crippen molar-refractivity contribution in [3.63, 3.8) is 0 Å². The molecule has 2 amide bonds. The van der Waals surface area contributed by atoms with Crippen LogP contribution >= 0.6 is 23.2 Å². The summed E-state index contributed by atoms with van der Waals surface area (Å²) in [5.74, 6) is -0.659. The standard InChI is InChI=1S/C37H41Cl2N3O4S/c1-5-27(4)40-37(44)35(23-28-12-8-6-9-13-28)41(24-29-16-21-33(38)34(39)22-29)36(43)25-42(31-19-17-30(18-20-31)26(2)3)47(45,46)32-14-10-7-11-15-32/h6-22,26-27,35H,5,23-25H2,1-4H3,(H,40,44)/t27-,35-/m1/s1. The molecule has 0 bridgehead atoms. The van der Waals surface area contributed by atoms with Crippen molar-refractivity contribution < 1.29 is 18.0 Å². The first-order valence-electron chi connectivity index (χ1n) is 15.7. The average Bonchev–Trinajstić information content (AvgIpc) is 3.07. The maximum Gasteiger partial charge on any atom is 0.264 e. The Morgan fingerprint density at radius 1 is 0.787 bits per heavy atom. The normalized spacial score (nSPS) is 12.7. The van der Waals surface area contributed by atoms with Crippen molar-refractivity contribution in [3.05, 3.63) is 130 Å². The van der Waals surface area contributed by atoms with Crippen molar-refractivity contribution in [2.75, 3.05) is 10.8 Å². The molecular formula is C37H41Cl2N3O4S. The number of benzene rings is 4. The highest BCUT2D eigenvalue weighted by atomic mass is 35.5. The minimum absolute atomic E-state index is 0.00728. The van der Waals surface area contributed by atoms with Gasteiger partial charge in [-0.3, -0.25) is 13.9 Å². The van der Waals surface area contributed by atoms with Crippen molar-refractivity contribution >= 4 is 50.7 Å². The highest BCUT2D eigenvalue weighted by Gasteiger charge is 2.35. The number of anilines is 1. The Hall–Kier alpha value is -3.85. The van der Waals surface area contributed by atoms with Crippen molar-refractivity contribution in [3.8, 4) is 0 Å². The molecule has 0 aliphatic carbocycles. The summed E-state index contributed by atoms with van der Waals surface area (Å²) in [7, 11) is -4.18. The molecule has 0 spiro atoms. The Bertz CT molecular complexity index is 1750. The molecule has 0 saturated carbocycles. The van der Waals surface area contributed by atoms with Crippen LogP contribution < -0.4 is 9.62 Å². The molecular weight excluding hydrogens is 653 g/mol. The fourth-order valence-electron chi connectivity index (χ4n) is 5.10. The van der Waals surface area contributed by atoms with Crippen molar-refractivity contribution in [2.45, 2.75) is 70.0 Å². The van der Waals surface area contributed by atoms with Crippen LogP contribution in [0.5, 0.6) is 0 Å². The summed E-state index contributed by atoms with van der Waals surface area (Å²) >= 11 is 12.6. The van der Waals surface area contributed by atoms with E-state index >= 15 is 0 Å². The maximum absolute atomic E-state index is 14.6. The SMILES string of the molecule is CC[C@@H](C)NC(=O)[C@@H](Cc1ccccc1)N(Cc1ccc(Cl)c(Cl)c1)C(=O)CN(c1ccc(C(C)C)cc1)S(=O)(=O)c1ccccc1. The minimum Gasteiger partial charge on any atom is -0.352 e. The van der Waals surface area contributed by atoms with E-state index in [4.69, 9.17) is 23.2 Å². The molecule has 4 aromatic rings. The second kappa shape index (κ2) is 16.3. The molecule has 2 atom stereocenters. The zero-order chi connectivity index (χ0) is 34.1. The Kier molecular flexibility index (Phi) is 12.5. The molecule has 7 nitrogen and oxygen atoms in total. The van der Waals surface area contributed by atoms with Crippen LogP contribution in [0.1, 0.15) is 56.7 Å². The lowest BCUT2D eigenvalue weighted by molar-refractivity contribution is -0.140. The van der Waals surface area contributed by atoms with Crippen LogP contribution in [0.25, 0.3) is 0 Å². The first kappa shape index (κ1) is 36.0. The molecule has 0 aliphatic rings. The Balaban J connectivity index is 1.82. The Morgan fingerprint density at radius 3 is 1.98 bits per heavy atom. The fourth-order valence-corrected chi connectivity index (χ4v) is 6.86. The minimum atomic E-state index is -4.18. The third-order valence-electron chi connectivity index (χ3n) is 8.07. The van der Waals surface area contributed by atoms with E-state index in [1.165, 1.54) is 17.0 Å². The van der Waals surface area contributed by atoms with E-state index in [1.807, 2.05) is 56.3 Å². The first-order chi connectivity index (χ1) is 22.4. The summed E-state index contributed by atoms with van der Waals surface area (Å²) in [5, 5.41) is 3.70. The van der Waals surface area contributed by atoms with Crippen LogP contribution in [0.15, 0.2) is 108 Å². The molecule has 0 aromatic heterocycles. The van der Waals surface area contributed by atoms with E-state index in [2.05, 4.69) is 19.2 Å². The maximum atomic E-state index is 14.6. The molecule has 0 fully saturated rings. The average molecular weight is 695 g/mol. The molecule has 47 heavy (non-hydrogen) atoms. The van der Waals surface area contributed by atoms with Gasteiger partial charge in [0.2, 0.25) is 11.8 Å². The van der Waals surface area contributed by atoms with E-state index in [0.29, 0.717) is 27.7 Å². The summed E-state index contributed by atoms with van der Waals surface area (Å²) in [6.07, 6.45) is 0.907. The molecule has 248 valence electrons. The summed E-state index contributed by atoms with van der Waals surface area (Å²) < 4.78 is 29.5. The Labute approximate surface area is 288 Å². The summed E-state index contributed by atoms with van der Waals surface area (Å²) in [5.41, 5.74) is 2.86. The first-order valence-corrected chi connectivity index (χ1v) is 17.9. The zero-order valence-electron chi connectivity index (χ0n) is 27.1. The van der Waals surface area contributed by atoms with Gasteiger partial charge in [0, 0.05) is 19.0 Å². The topological polar surface area (TPSA) is 86.8 Å². The summed E-state index contributed by atoms with van der Waals surface area (Å²) in [6.45, 7) is 7.42. The van der Waals surface area contributed by atoms with Crippen LogP contribution in [0.4, 0.5) is 5.69 Å². The fraction of sp³-hybridized carbons (Fsp3) is 0.297. The predicted octanol–water partition coefficient (Wildman–Crippen LogP) is 7.87. The second-order valence-electron chi connectivity index (χ2n) is 11.9. The molecule has 0 saturated heterocycles. The molecule has 1 N–H and O–H groups in total. The second-order valence-corrected chi connectivity index (χ2v) is 14.5. The predicted molar refractivity (Wildman–Crippen MR) is 190 cm³/mol. The molecule has 4 rings (SSSR count). The Morgan fingerprint density at radius 2 is 1.40 bits per heavy atom. The van der Waals surface area contributed by atoms with E-state index in [-0.39, 0.29) is 35.7 Å². The number of nitrogens with zero attached hydrogens (tertiary/aromatic N) is 2. The molecule has 0 radical (unpaired) electrons. The van der Waals surface area contributed by atoms with E-state index in [1.54, 1.807) is 48.5 Å². The third-order valence-corrected chi connectivity index (χ3v) is 10.6. The molecule has 4 aromatic carbocycles. The molecule has 0 unspecified atom stereocenters. The van der Waals surface area contributed by atoms with Gasteiger partial charge in [-0.05, 0) is 72.4 Å². The van der Waals surface area contributed by atoms with Gasteiger partial charge in [-0.1, -0.05) is 111 Å². The van der Waals surface area contributed by atoms with Gasteiger partial charge in [0.1, 0.15) is 12.6 Å². The number of sulfonamides is 1. The zero-order valence-corrected chi connectivity index (χ0v) is 29.4. The van der Waals surface area contributed by atoms with Gasteiger partial charge in [-0.25, -0.2) is 8.42 Å². The lowest BCUT2D eigenvalue weighted by atomic mass is 10.0. The van der Waals surface area contributed by atoms with Crippen molar-refractivity contribution in [2.24, 2.45) is 0 Å². The summed E-state index contributed by atoms with van der Waals surface area (Å²) in [4.78, 5) is 30.1. The lowest BCUT2D eigenvalue weighted by Crippen LogP contribution is -2.54. The van der Waals surface area contributed by atoms with Crippen LogP contribution in [0, 0.1) is 0 Å². The van der Waals surface area contributed by atoms with Crippen LogP contribution in [-0.2, 0) is 32.6 Å². The molecule has 10 heteroatoms. The number of halogens is 2. The number of hydrogen-bond donors (Lipinski definition) is 1. The van der Waals surface area contributed by atoms with Gasteiger partial charge in [-0.15, -0.1) is 0 Å². The van der Waals surface area contributed by atoms with Crippen LogP contribution in [0.2, 0.25) is 10.0 Å². The highest BCUT2D eigenvalue weighted by Crippen LogP contribution is 2.28. The number of amides is 2. The largest absolute Gasteiger partial charge is 0.352 e. The van der Waals surface area contributed by atoms with Gasteiger partial charge in [-0.2, -0.15) is 0 Å². The third kappa shape index (κ3) is 9.37. The van der Waals surface area contributed by atoms with Gasteiger partial charge in [0.25, 0.3) is 10.0 Å². The van der Waals surface area contributed by atoms with E-state index < -0.39 is 28.5 Å². The number of carbonyl (C=O) groups excluding carboxylic acids is 2. The van der Waals surface area contributed by atoms with Gasteiger partial charge in [0.15, 0.2) is 0 Å². The van der Waals surface area contributed by atoms with E-state index in [0.717, 1.165) is 15.4 Å². The van der Waals surface area contributed by atoms with Gasteiger partial charge >= 0.3 is 0 Å². The highest BCUT2D eigenvalue weighted by molar-refractivity contribution is 7.92. The van der Waals surface area contributed by atoms with Crippen molar-refractivity contribution in [1.29, 1.82) is 0 Å². The van der Waals surface area contributed by atoms with Crippen molar-refractivity contribution in [1.82, 2.24) is 10.2 Å². The van der Waals surface area contributed by atoms with Crippen LogP contribution in [0.3, 0.4) is 0 Å². The molecule has 0 heterocycles. The number of carbonyl (C=O) groups is 2. The van der Waals surface area contributed by atoms with Crippen LogP contribution in [-0.4, -0.2) is 43.8 Å².